The number of nitrogens with one attached hydrogen (secondary N) is 1. The number of benzene rings is 4. The van der Waals surface area contributed by atoms with Crippen molar-refractivity contribution in [3.05, 3.63) is 107 Å². The summed E-state index contributed by atoms with van der Waals surface area (Å²) in [6, 6.07) is 25.0. The third-order valence-electron chi connectivity index (χ3n) is 9.25. The number of nitrogens with zero attached hydrogens (tertiary/aromatic N) is 3. The van der Waals surface area contributed by atoms with E-state index in [2.05, 4.69) is 46.3 Å². The highest BCUT2D eigenvalue weighted by Gasteiger charge is 2.40. The Hall–Kier alpha value is -4.56. The van der Waals surface area contributed by atoms with Crippen molar-refractivity contribution in [2.45, 2.75) is 38.3 Å². The molecule has 0 aliphatic carbocycles. The van der Waals surface area contributed by atoms with Crippen LogP contribution in [0.15, 0.2) is 78.9 Å². The number of imide groups is 1. The summed E-state index contributed by atoms with van der Waals surface area (Å²) in [6.45, 7) is 5.54. The molecule has 2 saturated heterocycles. The number of para-hydroxylation sites is 1. The molecule has 3 aliphatic heterocycles. The van der Waals surface area contributed by atoms with Crippen LogP contribution in [0.3, 0.4) is 0 Å². The lowest BCUT2D eigenvalue weighted by molar-refractivity contribution is -0.134. The molecule has 2 fully saturated rings. The van der Waals surface area contributed by atoms with Crippen LogP contribution >= 0.6 is 0 Å². The fourth-order valence-corrected chi connectivity index (χ4v) is 6.86. The lowest BCUT2D eigenvalue weighted by Gasteiger charge is -2.39. The number of anilines is 2. The molecule has 218 valence electrons. The molecule has 1 N–H and O–H groups in total. The van der Waals surface area contributed by atoms with E-state index in [-0.39, 0.29) is 30.1 Å². The number of rotatable bonds is 6. The van der Waals surface area contributed by atoms with Gasteiger partial charge in [0.15, 0.2) is 0 Å². The Bertz CT molecular complexity index is 1750. The van der Waals surface area contributed by atoms with Crippen LogP contribution in [0.5, 0.6) is 0 Å². The average Bonchev–Trinajstić information content (AvgIpc) is 3.31. The smallest absolute Gasteiger partial charge is 0.259 e. The number of piperazine rings is 1. The van der Waals surface area contributed by atoms with Gasteiger partial charge in [0.1, 0.15) is 11.9 Å². The monoisotopic (exact) mass is 576 g/mol. The van der Waals surface area contributed by atoms with Gasteiger partial charge in [0.2, 0.25) is 11.8 Å². The number of carbonyl (C=O) groups excluding carboxylic acids is 3. The van der Waals surface area contributed by atoms with Gasteiger partial charge in [-0.15, -0.1) is 0 Å². The highest BCUT2D eigenvalue weighted by Crippen LogP contribution is 2.41. The summed E-state index contributed by atoms with van der Waals surface area (Å²) in [5, 5.41) is 4.26. The summed E-state index contributed by atoms with van der Waals surface area (Å²) in [7, 11) is 0. The van der Waals surface area contributed by atoms with E-state index in [1.54, 1.807) is 11.0 Å². The molecule has 3 amide bonds. The third kappa shape index (κ3) is 4.85. The van der Waals surface area contributed by atoms with Gasteiger partial charge in [-0.1, -0.05) is 54.6 Å². The molecule has 0 spiro atoms. The molecule has 0 aromatic heterocycles. The molecule has 43 heavy (non-hydrogen) atoms. The van der Waals surface area contributed by atoms with Crippen LogP contribution in [0, 0.1) is 5.82 Å². The molecule has 2 atom stereocenters. The lowest BCUT2D eigenvalue weighted by atomic mass is 9.95. The van der Waals surface area contributed by atoms with Gasteiger partial charge in [-0.05, 0) is 66.1 Å². The van der Waals surface area contributed by atoms with Gasteiger partial charge in [0, 0.05) is 49.6 Å². The minimum absolute atomic E-state index is 0.168. The molecule has 7 nitrogen and oxygen atoms in total. The first kappa shape index (κ1) is 27.3. The highest BCUT2D eigenvalue weighted by atomic mass is 19.1. The second-order valence-corrected chi connectivity index (χ2v) is 11.7. The zero-order valence-corrected chi connectivity index (χ0v) is 24.1. The normalized spacial score (nSPS) is 19.7. The minimum Gasteiger partial charge on any atom is -0.367 e. The molecule has 7 rings (SSSR count). The summed E-state index contributed by atoms with van der Waals surface area (Å²) in [5.74, 6) is -1.08. The number of halogens is 1. The molecule has 3 heterocycles. The van der Waals surface area contributed by atoms with E-state index in [1.807, 2.05) is 42.5 Å². The van der Waals surface area contributed by atoms with Crippen molar-refractivity contribution in [1.82, 2.24) is 10.2 Å². The maximum absolute atomic E-state index is 14.3. The van der Waals surface area contributed by atoms with Gasteiger partial charge in [-0.3, -0.25) is 29.5 Å². The van der Waals surface area contributed by atoms with E-state index in [4.69, 9.17) is 0 Å². The SMILES string of the molecule is C[C@H](c1ccc(Cc2ccc3c4c(cccc24)C(=O)N3C2CCC(=O)NC2=O)cc1)N1CCN(c2ccccc2F)CC1. The van der Waals surface area contributed by atoms with Crippen LogP contribution < -0.4 is 15.1 Å². The van der Waals surface area contributed by atoms with Gasteiger partial charge in [-0.2, -0.15) is 0 Å². The number of carbonyl (C=O) groups is 3. The summed E-state index contributed by atoms with van der Waals surface area (Å²) in [5.41, 5.74) is 5.53. The second-order valence-electron chi connectivity index (χ2n) is 11.7. The molecule has 0 saturated carbocycles. The molecule has 0 radical (unpaired) electrons. The summed E-state index contributed by atoms with van der Waals surface area (Å²) in [4.78, 5) is 43.9. The molecule has 8 heteroatoms. The first-order valence-electron chi connectivity index (χ1n) is 14.9. The zero-order chi connectivity index (χ0) is 29.7. The minimum atomic E-state index is -0.691. The summed E-state index contributed by atoms with van der Waals surface area (Å²) < 4.78 is 14.3. The van der Waals surface area contributed by atoms with Crippen LogP contribution in [0.2, 0.25) is 0 Å². The van der Waals surface area contributed by atoms with E-state index in [0.29, 0.717) is 24.1 Å². The van der Waals surface area contributed by atoms with Crippen molar-refractivity contribution in [2.75, 3.05) is 36.0 Å². The highest BCUT2D eigenvalue weighted by molar-refractivity contribution is 6.27. The van der Waals surface area contributed by atoms with Gasteiger partial charge >= 0.3 is 0 Å². The summed E-state index contributed by atoms with van der Waals surface area (Å²) in [6.07, 6.45) is 1.25. The van der Waals surface area contributed by atoms with Crippen LogP contribution in [0.25, 0.3) is 10.8 Å². The molecular weight excluding hydrogens is 543 g/mol. The maximum Gasteiger partial charge on any atom is 0.259 e. The zero-order valence-electron chi connectivity index (χ0n) is 24.1. The van der Waals surface area contributed by atoms with Crippen LogP contribution in [0.1, 0.15) is 52.9 Å². The van der Waals surface area contributed by atoms with E-state index in [1.165, 1.54) is 17.2 Å². The first-order chi connectivity index (χ1) is 20.9. The number of hydrogen-bond donors (Lipinski definition) is 1. The van der Waals surface area contributed by atoms with Gasteiger partial charge in [-0.25, -0.2) is 4.39 Å². The quantitative estimate of drug-likeness (QED) is 0.319. The topological polar surface area (TPSA) is 73.0 Å². The summed E-state index contributed by atoms with van der Waals surface area (Å²) >= 11 is 0. The van der Waals surface area contributed by atoms with E-state index < -0.39 is 11.9 Å². The molecule has 0 bridgehead atoms. The Morgan fingerprint density at radius 1 is 0.860 bits per heavy atom. The van der Waals surface area contributed by atoms with Crippen molar-refractivity contribution in [2.24, 2.45) is 0 Å². The van der Waals surface area contributed by atoms with Crippen LogP contribution in [-0.2, 0) is 16.0 Å². The van der Waals surface area contributed by atoms with Crippen molar-refractivity contribution < 1.29 is 18.8 Å². The van der Waals surface area contributed by atoms with Crippen LogP contribution in [-0.4, -0.2) is 54.8 Å². The molecule has 3 aliphatic rings. The molecule has 4 aromatic rings. The van der Waals surface area contributed by atoms with Crippen LogP contribution in [0.4, 0.5) is 15.8 Å². The lowest BCUT2D eigenvalue weighted by Crippen LogP contribution is -2.53. The largest absolute Gasteiger partial charge is 0.367 e. The number of hydrogen-bond acceptors (Lipinski definition) is 5. The standard InChI is InChI=1S/C35H33FN4O3/c1-22(38-17-19-39(20-18-38)29-8-3-2-7-28(29)36)24-11-9-23(10-12-24)21-25-13-14-30-33-26(25)5-4-6-27(33)35(43)40(30)31-15-16-32(41)37-34(31)42/h2-14,22,31H,15-21H2,1H3,(H,37,41,42)/t22-,31?/m1/s1. The van der Waals surface area contributed by atoms with E-state index in [0.717, 1.165) is 48.2 Å². The maximum atomic E-state index is 14.3. The third-order valence-corrected chi connectivity index (χ3v) is 9.25. The van der Waals surface area contributed by atoms with Crippen molar-refractivity contribution in [3.63, 3.8) is 0 Å². The van der Waals surface area contributed by atoms with Crippen molar-refractivity contribution >= 4 is 39.9 Å². The number of amides is 3. The van der Waals surface area contributed by atoms with Crippen molar-refractivity contribution in [1.29, 1.82) is 0 Å². The van der Waals surface area contributed by atoms with E-state index in [9.17, 15) is 18.8 Å². The van der Waals surface area contributed by atoms with Gasteiger partial charge in [0.25, 0.3) is 5.91 Å². The predicted octanol–water partition coefficient (Wildman–Crippen LogP) is 5.22. The Morgan fingerprint density at radius 2 is 1.63 bits per heavy atom. The fourth-order valence-electron chi connectivity index (χ4n) is 6.86. The average molecular weight is 577 g/mol. The van der Waals surface area contributed by atoms with E-state index >= 15 is 0 Å². The van der Waals surface area contributed by atoms with Gasteiger partial charge in [0.05, 0.1) is 11.4 Å². The van der Waals surface area contributed by atoms with Gasteiger partial charge < -0.3 is 4.90 Å². The molecule has 1 unspecified atom stereocenters. The predicted molar refractivity (Wildman–Crippen MR) is 165 cm³/mol. The Kier molecular flexibility index (Phi) is 6.94. The van der Waals surface area contributed by atoms with Crippen molar-refractivity contribution in [3.8, 4) is 0 Å². The fraction of sp³-hybridized carbons (Fsp3) is 0.286. The first-order valence-corrected chi connectivity index (χ1v) is 14.9. The molecular formula is C35H33FN4O3. The second kappa shape index (κ2) is 10.9. The Morgan fingerprint density at radius 3 is 2.37 bits per heavy atom. The Labute approximate surface area is 249 Å². The molecule has 4 aromatic carbocycles. The number of piperidine rings is 1. The Balaban J connectivity index is 1.07.